The molecule has 1 atom stereocenters. The maximum Gasteiger partial charge on any atom is 0.191 e. The van der Waals surface area contributed by atoms with Gasteiger partial charge >= 0.3 is 0 Å². The van der Waals surface area contributed by atoms with Gasteiger partial charge in [-0.05, 0) is 43.0 Å². The lowest BCUT2D eigenvalue weighted by Gasteiger charge is -2.13. The summed E-state index contributed by atoms with van der Waals surface area (Å²) in [6.45, 7) is 4.10. The topological polar surface area (TPSA) is 75.1 Å². The van der Waals surface area contributed by atoms with Crippen molar-refractivity contribution in [2.75, 3.05) is 33.9 Å². The highest BCUT2D eigenvalue weighted by Crippen LogP contribution is 2.27. The lowest BCUT2D eigenvalue weighted by molar-refractivity contribution is 0.170. The van der Waals surface area contributed by atoms with Crippen LogP contribution in [0.15, 0.2) is 53.5 Å². The van der Waals surface area contributed by atoms with Gasteiger partial charge in [0, 0.05) is 19.6 Å². The van der Waals surface area contributed by atoms with E-state index in [1.165, 1.54) is 0 Å². The second kappa shape index (κ2) is 14.1. The molecule has 1 unspecified atom stereocenters. The number of aliphatic hydroxyl groups is 1. The summed E-state index contributed by atoms with van der Waals surface area (Å²) in [5, 5.41) is 16.8. The SMILES string of the molecule is CCNC(=NCCC(O)c1ccccc1)NCCc1ccc(OC)c(OC)c1.I. The Kier molecular flexibility index (Phi) is 12.1. The monoisotopic (exact) mass is 513 g/mol. The van der Waals surface area contributed by atoms with Gasteiger partial charge in [0.25, 0.3) is 0 Å². The summed E-state index contributed by atoms with van der Waals surface area (Å²) in [4.78, 5) is 4.56. The average molecular weight is 513 g/mol. The number of aliphatic hydroxyl groups excluding tert-OH is 1. The van der Waals surface area contributed by atoms with Crippen LogP contribution in [0.1, 0.15) is 30.6 Å². The van der Waals surface area contributed by atoms with Gasteiger partial charge < -0.3 is 25.2 Å². The molecule has 6 nitrogen and oxygen atoms in total. The predicted octanol–water partition coefficient (Wildman–Crippen LogP) is 3.54. The third-order valence-electron chi connectivity index (χ3n) is 4.36. The molecule has 0 aromatic heterocycles. The van der Waals surface area contributed by atoms with E-state index in [0.29, 0.717) is 13.0 Å². The zero-order valence-corrected chi connectivity index (χ0v) is 19.7. The van der Waals surface area contributed by atoms with Gasteiger partial charge in [-0.25, -0.2) is 0 Å². The Bertz CT molecular complexity index is 741. The van der Waals surface area contributed by atoms with Gasteiger partial charge in [0.05, 0.1) is 20.3 Å². The van der Waals surface area contributed by atoms with Crippen LogP contribution in [0.4, 0.5) is 0 Å². The van der Waals surface area contributed by atoms with Crippen molar-refractivity contribution >= 4 is 29.9 Å². The van der Waals surface area contributed by atoms with E-state index in [1.807, 2.05) is 55.5 Å². The molecule has 7 heteroatoms. The molecular formula is C22H32IN3O3. The summed E-state index contributed by atoms with van der Waals surface area (Å²) in [6, 6.07) is 15.6. The van der Waals surface area contributed by atoms with Crippen LogP contribution in [-0.4, -0.2) is 44.9 Å². The van der Waals surface area contributed by atoms with Gasteiger partial charge in [0.1, 0.15) is 0 Å². The maximum absolute atomic E-state index is 10.2. The van der Waals surface area contributed by atoms with Gasteiger partial charge in [-0.15, -0.1) is 24.0 Å². The first-order valence-electron chi connectivity index (χ1n) is 9.64. The standard InChI is InChI=1S/C22H31N3O3.HI/c1-4-23-22(25-15-13-19(26)18-8-6-5-7-9-18)24-14-12-17-10-11-20(27-2)21(16-17)28-3;/h5-11,16,19,26H,4,12-15H2,1-3H3,(H2,23,24,25);1H. The summed E-state index contributed by atoms with van der Waals surface area (Å²) < 4.78 is 10.6. The molecule has 29 heavy (non-hydrogen) atoms. The molecule has 0 saturated carbocycles. The predicted molar refractivity (Wildman–Crippen MR) is 129 cm³/mol. The Labute approximate surface area is 190 Å². The number of hydrogen-bond donors (Lipinski definition) is 3. The molecule has 3 N–H and O–H groups in total. The number of benzene rings is 2. The number of aliphatic imine (C=N–C) groups is 1. The summed E-state index contributed by atoms with van der Waals surface area (Å²) in [7, 11) is 3.27. The minimum absolute atomic E-state index is 0. The zero-order valence-electron chi connectivity index (χ0n) is 17.4. The van der Waals surface area contributed by atoms with Crippen molar-refractivity contribution in [3.8, 4) is 11.5 Å². The molecule has 0 aliphatic rings. The number of hydrogen-bond acceptors (Lipinski definition) is 4. The summed E-state index contributed by atoms with van der Waals surface area (Å²) >= 11 is 0. The highest BCUT2D eigenvalue weighted by atomic mass is 127. The van der Waals surface area contributed by atoms with Gasteiger partial charge in [-0.1, -0.05) is 36.4 Å². The number of halogens is 1. The lowest BCUT2D eigenvalue weighted by Crippen LogP contribution is -2.38. The van der Waals surface area contributed by atoms with E-state index >= 15 is 0 Å². The number of nitrogens with one attached hydrogen (secondary N) is 2. The van der Waals surface area contributed by atoms with Crippen LogP contribution in [0.2, 0.25) is 0 Å². The van der Waals surface area contributed by atoms with Gasteiger partial charge in [-0.3, -0.25) is 4.99 Å². The second-order valence-corrected chi connectivity index (χ2v) is 6.34. The van der Waals surface area contributed by atoms with Crippen molar-refractivity contribution in [3.63, 3.8) is 0 Å². The van der Waals surface area contributed by atoms with Crippen molar-refractivity contribution in [1.82, 2.24) is 10.6 Å². The Balaban J connectivity index is 0.00000420. The molecule has 2 aromatic carbocycles. The van der Waals surface area contributed by atoms with Crippen molar-refractivity contribution in [2.24, 2.45) is 4.99 Å². The molecule has 0 heterocycles. The van der Waals surface area contributed by atoms with Gasteiger partial charge in [0.15, 0.2) is 17.5 Å². The summed E-state index contributed by atoms with van der Waals surface area (Å²) in [6.07, 6.45) is 0.910. The van der Waals surface area contributed by atoms with Crippen LogP contribution in [0.3, 0.4) is 0 Å². The van der Waals surface area contributed by atoms with Crippen LogP contribution in [-0.2, 0) is 6.42 Å². The van der Waals surface area contributed by atoms with Gasteiger partial charge in [0.2, 0.25) is 0 Å². The minimum Gasteiger partial charge on any atom is -0.493 e. The zero-order chi connectivity index (χ0) is 20.2. The smallest absolute Gasteiger partial charge is 0.191 e. The highest BCUT2D eigenvalue weighted by Gasteiger charge is 2.07. The van der Waals surface area contributed by atoms with Crippen molar-refractivity contribution in [1.29, 1.82) is 0 Å². The van der Waals surface area contributed by atoms with Crippen LogP contribution in [0, 0.1) is 0 Å². The molecule has 0 saturated heterocycles. The highest BCUT2D eigenvalue weighted by molar-refractivity contribution is 14.0. The maximum atomic E-state index is 10.2. The van der Waals surface area contributed by atoms with Crippen LogP contribution >= 0.6 is 24.0 Å². The fourth-order valence-electron chi connectivity index (χ4n) is 2.84. The Hall–Kier alpha value is -2.00. The number of methoxy groups -OCH3 is 2. The first-order valence-corrected chi connectivity index (χ1v) is 9.64. The molecule has 160 valence electrons. The molecular weight excluding hydrogens is 481 g/mol. The van der Waals surface area contributed by atoms with E-state index in [0.717, 1.165) is 48.1 Å². The second-order valence-electron chi connectivity index (χ2n) is 6.34. The Morgan fingerprint density at radius 2 is 1.76 bits per heavy atom. The van der Waals surface area contributed by atoms with Crippen molar-refractivity contribution in [2.45, 2.75) is 25.9 Å². The van der Waals surface area contributed by atoms with Crippen LogP contribution < -0.4 is 20.1 Å². The minimum atomic E-state index is -0.500. The molecule has 0 fully saturated rings. The molecule has 0 aliphatic heterocycles. The molecule has 0 radical (unpaired) electrons. The number of rotatable bonds is 10. The van der Waals surface area contributed by atoms with Gasteiger partial charge in [-0.2, -0.15) is 0 Å². The normalized spacial score (nSPS) is 11.9. The summed E-state index contributed by atoms with van der Waals surface area (Å²) in [5.41, 5.74) is 2.07. The molecule has 0 spiro atoms. The van der Waals surface area contributed by atoms with Crippen molar-refractivity contribution in [3.05, 3.63) is 59.7 Å². The van der Waals surface area contributed by atoms with Crippen LogP contribution in [0.25, 0.3) is 0 Å². The first kappa shape index (κ1) is 25.0. The van der Waals surface area contributed by atoms with E-state index in [9.17, 15) is 5.11 Å². The first-order chi connectivity index (χ1) is 13.7. The van der Waals surface area contributed by atoms with E-state index in [2.05, 4.69) is 15.6 Å². The Morgan fingerprint density at radius 1 is 1.03 bits per heavy atom. The Morgan fingerprint density at radius 3 is 2.41 bits per heavy atom. The number of guanidine groups is 1. The van der Waals surface area contributed by atoms with E-state index < -0.39 is 6.10 Å². The average Bonchev–Trinajstić information content (AvgIpc) is 2.74. The van der Waals surface area contributed by atoms with Crippen LogP contribution in [0.5, 0.6) is 11.5 Å². The number of ether oxygens (including phenoxy) is 2. The fraction of sp³-hybridized carbons (Fsp3) is 0.409. The lowest BCUT2D eigenvalue weighted by atomic mass is 10.1. The molecule has 2 aromatic rings. The third kappa shape index (κ3) is 8.49. The largest absolute Gasteiger partial charge is 0.493 e. The van der Waals surface area contributed by atoms with E-state index in [4.69, 9.17) is 9.47 Å². The molecule has 0 aliphatic carbocycles. The molecule has 0 amide bonds. The molecule has 2 rings (SSSR count). The van der Waals surface area contributed by atoms with Crippen molar-refractivity contribution < 1.29 is 14.6 Å². The van der Waals surface area contributed by atoms with E-state index in [1.54, 1.807) is 14.2 Å². The third-order valence-corrected chi connectivity index (χ3v) is 4.36. The summed E-state index contributed by atoms with van der Waals surface area (Å²) in [5.74, 6) is 2.21. The fourth-order valence-corrected chi connectivity index (χ4v) is 2.84. The number of nitrogens with zero attached hydrogens (tertiary/aromatic N) is 1. The molecule has 0 bridgehead atoms. The quantitative estimate of drug-likeness (QED) is 0.258. The van der Waals surface area contributed by atoms with E-state index in [-0.39, 0.29) is 24.0 Å².